The number of rotatable bonds is 8. The van der Waals surface area contributed by atoms with Gasteiger partial charge in [0.25, 0.3) is 5.91 Å². The molecule has 2 atom stereocenters. The highest BCUT2D eigenvalue weighted by Gasteiger charge is 2.23. The molecule has 30 heavy (non-hydrogen) atoms. The molecule has 0 saturated heterocycles. The van der Waals surface area contributed by atoms with Crippen molar-refractivity contribution in [3.8, 4) is 11.1 Å². The van der Waals surface area contributed by atoms with Crippen LogP contribution in [0.5, 0.6) is 0 Å². The fourth-order valence-electron chi connectivity index (χ4n) is 3.01. The van der Waals surface area contributed by atoms with Crippen LogP contribution >= 0.6 is 11.6 Å². The van der Waals surface area contributed by atoms with E-state index < -0.39 is 24.0 Å². The van der Waals surface area contributed by atoms with Gasteiger partial charge in [-0.15, -0.1) is 5.10 Å². The molecule has 0 fully saturated rings. The molecule has 8 nitrogen and oxygen atoms in total. The molecule has 10 heteroatoms. The maximum Gasteiger partial charge on any atom is 0.320 e. The highest BCUT2D eigenvalue weighted by atomic mass is 35.5. The second kappa shape index (κ2) is 9.47. The number of nitrogens with zero attached hydrogens (tertiary/aromatic N) is 2. The molecular formula is C20H19ClFN5O3. The molecule has 3 aromatic rings. The molecule has 1 amide bonds. The van der Waals surface area contributed by atoms with Gasteiger partial charge in [-0.1, -0.05) is 47.1 Å². The minimum absolute atomic E-state index is 0.0198. The molecule has 2 aromatic carbocycles. The molecule has 0 aliphatic heterocycles. The number of carboxylic acid groups (broad SMARTS) is 1. The predicted molar refractivity (Wildman–Crippen MR) is 108 cm³/mol. The van der Waals surface area contributed by atoms with E-state index in [0.717, 1.165) is 0 Å². The van der Waals surface area contributed by atoms with Gasteiger partial charge in [0, 0.05) is 16.6 Å². The van der Waals surface area contributed by atoms with E-state index in [9.17, 15) is 14.0 Å². The lowest BCUT2D eigenvalue weighted by Gasteiger charge is -2.21. The van der Waals surface area contributed by atoms with E-state index in [2.05, 4.69) is 20.7 Å². The largest absolute Gasteiger partial charge is 0.480 e. The van der Waals surface area contributed by atoms with Gasteiger partial charge in [0.05, 0.1) is 6.20 Å². The van der Waals surface area contributed by atoms with Crippen LogP contribution in [0.25, 0.3) is 11.1 Å². The van der Waals surface area contributed by atoms with Crippen LogP contribution in [-0.2, 0) is 11.2 Å². The van der Waals surface area contributed by atoms with Gasteiger partial charge in [-0.05, 0) is 36.1 Å². The van der Waals surface area contributed by atoms with Gasteiger partial charge in [-0.25, -0.2) is 4.39 Å². The van der Waals surface area contributed by atoms with Gasteiger partial charge in [0.1, 0.15) is 17.6 Å². The highest BCUT2D eigenvalue weighted by Crippen LogP contribution is 2.28. The Morgan fingerprint density at radius 2 is 2.03 bits per heavy atom. The monoisotopic (exact) mass is 431 g/mol. The summed E-state index contributed by atoms with van der Waals surface area (Å²) in [6, 6.07) is 9.60. The van der Waals surface area contributed by atoms with Crippen molar-refractivity contribution in [2.75, 3.05) is 0 Å². The van der Waals surface area contributed by atoms with Crippen LogP contribution in [0.2, 0.25) is 5.02 Å². The molecule has 0 aliphatic carbocycles. The second-order valence-electron chi connectivity index (χ2n) is 6.71. The van der Waals surface area contributed by atoms with E-state index in [0.29, 0.717) is 21.7 Å². The third kappa shape index (κ3) is 5.19. The minimum Gasteiger partial charge on any atom is -0.480 e. The van der Waals surface area contributed by atoms with Gasteiger partial charge in [-0.3, -0.25) is 14.7 Å². The van der Waals surface area contributed by atoms with Crippen LogP contribution in [0.4, 0.5) is 4.39 Å². The number of carboxylic acids is 1. The number of hydrogen-bond acceptors (Lipinski definition) is 5. The molecule has 0 saturated carbocycles. The molecule has 1 heterocycles. The smallest absolute Gasteiger partial charge is 0.320 e. The van der Waals surface area contributed by atoms with Crippen molar-refractivity contribution < 1.29 is 19.1 Å². The normalized spacial score (nSPS) is 12.9. The maximum atomic E-state index is 14.0. The van der Waals surface area contributed by atoms with E-state index in [1.807, 2.05) is 0 Å². The Bertz CT molecular complexity index is 1040. The zero-order valence-electron chi connectivity index (χ0n) is 15.7. The highest BCUT2D eigenvalue weighted by molar-refractivity contribution is 6.31. The van der Waals surface area contributed by atoms with Crippen molar-refractivity contribution in [3.63, 3.8) is 0 Å². The number of carbonyl (C=O) groups excluding carboxylic acids is 1. The number of carbonyl (C=O) groups is 2. The van der Waals surface area contributed by atoms with E-state index in [4.69, 9.17) is 22.4 Å². The summed E-state index contributed by atoms with van der Waals surface area (Å²) < 4.78 is 14.0. The van der Waals surface area contributed by atoms with Crippen molar-refractivity contribution in [2.24, 2.45) is 5.73 Å². The number of amides is 1. The predicted octanol–water partition coefficient (Wildman–Crippen LogP) is 2.41. The molecule has 0 spiro atoms. The van der Waals surface area contributed by atoms with Crippen molar-refractivity contribution in [1.82, 2.24) is 20.7 Å². The Balaban J connectivity index is 1.81. The molecule has 0 unspecified atom stereocenters. The lowest BCUT2D eigenvalue weighted by molar-refractivity contribution is -0.138. The summed E-state index contributed by atoms with van der Waals surface area (Å²) in [5.74, 6) is -2.05. The summed E-state index contributed by atoms with van der Waals surface area (Å²) in [6.07, 6.45) is 1.46. The number of aliphatic carboxylic acids is 1. The topological polar surface area (TPSA) is 134 Å². The van der Waals surface area contributed by atoms with Gasteiger partial charge < -0.3 is 16.2 Å². The van der Waals surface area contributed by atoms with E-state index in [-0.39, 0.29) is 24.4 Å². The fraction of sp³-hybridized carbons (Fsp3) is 0.200. The third-order valence-corrected chi connectivity index (χ3v) is 4.91. The van der Waals surface area contributed by atoms with Gasteiger partial charge in [-0.2, -0.15) is 0 Å². The molecule has 0 radical (unpaired) electrons. The van der Waals surface area contributed by atoms with Crippen molar-refractivity contribution in [1.29, 1.82) is 0 Å². The lowest BCUT2D eigenvalue weighted by Crippen LogP contribution is -2.43. The number of hydrogen-bond donors (Lipinski definition) is 4. The number of aromatic amines is 1. The maximum absolute atomic E-state index is 14.0. The van der Waals surface area contributed by atoms with Crippen LogP contribution in [0.1, 0.15) is 22.5 Å². The van der Waals surface area contributed by atoms with E-state index >= 15 is 0 Å². The van der Waals surface area contributed by atoms with Gasteiger partial charge >= 0.3 is 5.97 Å². The average molecular weight is 432 g/mol. The standard InChI is InChI=1S/C20H19ClFN5O3/c21-15-8-11(14-3-1-2-4-16(14)22)5-6-12(15)7-13(9-17(23)20(29)30)25-19(28)18-10-24-27-26-18/h1-6,8,10,13,17H,7,9,23H2,(H,25,28)(H,29,30)(H,24,26,27)/t13-,17-/m1/s1. The first-order valence-electron chi connectivity index (χ1n) is 9.03. The molecule has 1 aromatic heterocycles. The quantitative estimate of drug-likeness (QED) is 0.432. The Kier molecular flexibility index (Phi) is 6.76. The molecule has 0 bridgehead atoms. The molecular weight excluding hydrogens is 413 g/mol. The first-order valence-corrected chi connectivity index (χ1v) is 9.41. The first kappa shape index (κ1) is 21.4. The molecule has 5 N–H and O–H groups in total. The number of nitrogens with two attached hydrogens (primary N) is 1. The summed E-state index contributed by atoms with van der Waals surface area (Å²) in [7, 11) is 0. The Hall–Kier alpha value is -3.30. The SMILES string of the molecule is N[C@H](C[C@@H](Cc1ccc(-c2ccccc2F)cc1Cl)NC(=O)c1cnn[nH]1)C(=O)O. The summed E-state index contributed by atoms with van der Waals surface area (Å²) in [4.78, 5) is 23.5. The van der Waals surface area contributed by atoms with E-state index in [1.165, 1.54) is 12.3 Å². The van der Waals surface area contributed by atoms with Crippen LogP contribution in [0.3, 0.4) is 0 Å². The summed E-state index contributed by atoms with van der Waals surface area (Å²) >= 11 is 6.40. The first-order chi connectivity index (χ1) is 14.3. The zero-order valence-corrected chi connectivity index (χ0v) is 16.4. The molecule has 0 aliphatic rings. The number of halogens is 2. The number of nitrogens with one attached hydrogen (secondary N) is 2. The fourth-order valence-corrected chi connectivity index (χ4v) is 3.27. The molecule has 156 valence electrons. The molecule has 3 rings (SSSR count). The van der Waals surface area contributed by atoms with Crippen molar-refractivity contribution >= 4 is 23.5 Å². The van der Waals surface area contributed by atoms with Gasteiger partial charge in [0.15, 0.2) is 0 Å². The Morgan fingerprint density at radius 1 is 1.27 bits per heavy atom. The van der Waals surface area contributed by atoms with Crippen LogP contribution in [0, 0.1) is 5.82 Å². The van der Waals surface area contributed by atoms with Crippen LogP contribution < -0.4 is 11.1 Å². The minimum atomic E-state index is -1.18. The van der Waals surface area contributed by atoms with E-state index in [1.54, 1.807) is 36.4 Å². The van der Waals surface area contributed by atoms with Gasteiger partial charge in [0.2, 0.25) is 0 Å². The summed E-state index contributed by atoms with van der Waals surface area (Å²) in [5, 5.41) is 21.7. The zero-order chi connectivity index (χ0) is 21.7. The summed E-state index contributed by atoms with van der Waals surface area (Å²) in [6.45, 7) is 0. The van der Waals surface area contributed by atoms with Crippen molar-refractivity contribution in [3.05, 3.63) is 70.8 Å². The lowest BCUT2D eigenvalue weighted by atomic mass is 9.97. The van der Waals surface area contributed by atoms with Crippen molar-refractivity contribution in [2.45, 2.75) is 24.9 Å². The Labute approximate surface area is 176 Å². The number of H-pyrrole nitrogens is 1. The van der Waals surface area contributed by atoms with Crippen LogP contribution in [-0.4, -0.2) is 44.5 Å². The van der Waals surface area contributed by atoms with Crippen LogP contribution in [0.15, 0.2) is 48.7 Å². The number of benzene rings is 2. The Morgan fingerprint density at radius 3 is 2.67 bits per heavy atom. The summed E-state index contributed by atoms with van der Waals surface area (Å²) in [5.41, 5.74) is 7.46. The second-order valence-corrected chi connectivity index (χ2v) is 7.12. The number of aromatic nitrogens is 3. The average Bonchev–Trinajstić information content (AvgIpc) is 3.25. The third-order valence-electron chi connectivity index (χ3n) is 4.55.